The predicted molar refractivity (Wildman–Crippen MR) is 127 cm³/mol. The van der Waals surface area contributed by atoms with Gasteiger partial charge in [0.05, 0.1) is 12.6 Å². The number of rotatable bonds is 10. The molecule has 6 N–H and O–H groups in total. The van der Waals surface area contributed by atoms with Crippen LogP contribution in [0.4, 0.5) is 0 Å². The summed E-state index contributed by atoms with van der Waals surface area (Å²) in [5.41, 5.74) is 8.13. The lowest BCUT2D eigenvalue weighted by atomic mass is 10.0. The molecular formula is C24H33N5O5. The van der Waals surface area contributed by atoms with E-state index in [-0.39, 0.29) is 24.8 Å². The normalized spacial score (nSPS) is 17.5. The number of nitrogens with zero attached hydrogens (tertiary/aromatic N) is 1. The summed E-state index contributed by atoms with van der Waals surface area (Å²) >= 11 is 0. The van der Waals surface area contributed by atoms with Gasteiger partial charge in [0, 0.05) is 23.6 Å². The topological polar surface area (TPSA) is 158 Å². The van der Waals surface area contributed by atoms with E-state index in [1.807, 2.05) is 44.3 Å². The van der Waals surface area contributed by atoms with Crippen LogP contribution < -0.4 is 16.4 Å². The molecule has 1 aliphatic rings. The van der Waals surface area contributed by atoms with Crippen molar-refractivity contribution in [2.75, 3.05) is 13.1 Å². The van der Waals surface area contributed by atoms with Crippen LogP contribution in [-0.2, 0) is 25.6 Å². The summed E-state index contributed by atoms with van der Waals surface area (Å²) in [6.45, 7) is 3.78. The van der Waals surface area contributed by atoms with Crippen molar-refractivity contribution in [3.05, 3.63) is 36.0 Å². The predicted octanol–water partition coefficient (Wildman–Crippen LogP) is 0.760. The minimum Gasteiger partial charge on any atom is -0.480 e. The lowest BCUT2D eigenvalue weighted by molar-refractivity contribution is -0.142. The molecule has 10 nitrogen and oxygen atoms in total. The molecule has 2 aromatic rings. The van der Waals surface area contributed by atoms with Gasteiger partial charge in [0.15, 0.2) is 0 Å². The summed E-state index contributed by atoms with van der Waals surface area (Å²) in [4.78, 5) is 53.9. The number of carboxylic acids is 1. The van der Waals surface area contributed by atoms with Crippen molar-refractivity contribution < 1.29 is 24.3 Å². The van der Waals surface area contributed by atoms with Crippen LogP contribution >= 0.6 is 0 Å². The molecule has 3 rings (SSSR count). The Morgan fingerprint density at radius 1 is 1.24 bits per heavy atom. The molecule has 0 spiro atoms. The number of hydrogen-bond acceptors (Lipinski definition) is 5. The smallest absolute Gasteiger partial charge is 0.326 e. The van der Waals surface area contributed by atoms with Crippen molar-refractivity contribution in [2.24, 2.45) is 11.7 Å². The van der Waals surface area contributed by atoms with E-state index in [2.05, 4.69) is 15.6 Å². The molecule has 1 aromatic heterocycles. The first kappa shape index (κ1) is 25.2. The average molecular weight is 472 g/mol. The van der Waals surface area contributed by atoms with E-state index in [9.17, 15) is 24.3 Å². The van der Waals surface area contributed by atoms with Gasteiger partial charge in [-0.15, -0.1) is 0 Å². The van der Waals surface area contributed by atoms with E-state index in [0.29, 0.717) is 25.8 Å². The largest absolute Gasteiger partial charge is 0.480 e. The third kappa shape index (κ3) is 6.13. The number of para-hydroxylation sites is 1. The Hall–Kier alpha value is -3.40. The molecule has 10 heteroatoms. The second-order valence-corrected chi connectivity index (χ2v) is 9.17. The molecule has 184 valence electrons. The minimum atomic E-state index is -1.12. The minimum absolute atomic E-state index is 0.0857. The molecule has 0 radical (unpaired) electrons. The highest BCUT2D eigenvalue weighted by atomic mass is 16.4. The Morgan fingerprint density at radius 3 is 2.68 bits per heavy atom. The highest BCUT2D eigenvalue weighted by Crippen LogP contribution is 2.22. The van der Waals surface area contributed by atoms with Crippen molar-refractivity contribution >= 4 is 34.6 Å². The summed E-state index contributed by atoms with van der Waals surface area (Å²) in [6, 6.07) is 5.23. The number of carbonyl (C=O) groups excluding carboxylic acids is 3. The van der Waals surface area contributed by atoms with Crippen molar-refractivity contribution in [3.8, 4) is 0 Å². The number of benzene rings is 1. The SMILES string of the molecule is CC(C)CC(NC(=O)CNC(=O)C1CCCN1C(=O)C(N)Cc1c[nH]c2ccccc12)C(=O)O. The van der Waals surface area contributed by atoms with Crippen LogP contribution in [-0.4, -0.2) is 69.9 Å². The molecule has 1 saturated heterocycles. The number of nitrogens with one attached hydrogen (secondary N) is 3. The molecule has 1 aliphatic heterocycles. The highest BCUT2D eigenvalue weighted by Gasteiger charge is 2.36. The molecule has 2 heterocycles. The number of nitrogens with two attached hydrogens (primary N) is 1. The Balaban J connectivity index is 1.55. The van der Waals surface area contributed by atoms with E-state index in [4.69, 9.17) is 5.73 Å². The van der Waals surface area contributed by atoms with Crippen LogP contribution in [0.15, 0.2) is 30.5 Å². The van der Waals surface area contributed by atoms with Gasteiger partial charge >= 0.3 is 5.97 Å². The summed E-state index contributed by atoms with van der Waals surface area (Å²) in [5.74, 6) is -2.38. The monoisotopic (exact) mass is 471 g/mol. The standard InChI is InChI=1S/C24H33N5O5/c1-14(2)10-19(24(33)34)28-21(30)13-27-22(31)20-8-5-9-29(20)23(32)17(25)11-15-12-26-18-7-4-3-6-16(15)18/h3-4,6-7,12,14,17,19-20,26H,5,8-11,13,25H2,1-2H3,(H,27,31)(H,28,30)(H,33,34). The summed E-state index contributed by atoms with van der Waals surface area (Å²) in [7, 11) is 0. The molecular weight excluding hydrogens is 438 g/mol. The van der Waals surface area contributed by atoms with E-state index < -0.39 is 35.9 Å². The number of carbonyl (C=O) groups is 4. The van der Waals surface area contributed by atoms with Gasteiger partial charge in [-0.2, -0.15) is 0 Å². The lowest BCUT2D eigenvalue weighted by Crippen LogP contribution is -2.53. The number of carboxylic acid groups (broad SMARTS) is 1. The third-order valence-corrected chi connectivity index (χ3v) is 6.03. The molecule has 0 aliphatic carbocycles. The van der Waals surface area contributed by atoms with Crippen LogP contribution in [0, 0.1) is 5.92 Å². The second kappa shape index (κ2) is 11.1. The quantitative estimate of drug-likeness (QED) is 0.344. The first-order chi connectivity index (χ1) is 16.2. The van der Waals surface area contributed by atoms with Crippen molar-refractivity contribution in [1.29, 1.82) is 0 Å². The molecule has 0 saturated carbocycles. The fourth-order valence-corrected chi connectivity index (χ4v) is 4.36. The number of H-pyrrole nitrogens is 1. The van der Waals surface area contributed by atoms with Crippen LogP contribution in [0.1, 0.15) is 38.7 Å². The number of fused-ring (bicyclic) bond motifs is 1. The van der Waals surface area contributed by atoms with E-state index in [1.54, 1.807) is 0 Å². The zero-order chi connectivity index (χ0) is 24.8. The fraction of sp³-hybridized carbons (Fsp3) is 0.500. The van der Waals surface area contributed by atoms with Crippen molar-refractivity contribution in [1.82, 2.24) is 20.5 Å². The maximum atomic E-state index is 13.0. The van der Waals surface area contributed by atoms with E-state index in [1.165, 1.54) is 4.90 Å². The Morgan fingerprint density at radius 2 is 1.97 bits per heavy atom. The maximum Gasteiger partial charge on any atom is 0.326 e. The Kier molecular flexibility index (Phi) is 8.27. The zero-order valence-electron chi connectivity index (χ0n) is 19.5. The number of amides is 3. The van der Waals surface area contributed by atoms with Gasteiger partial charge < -0.3 is 31.4 Å². The number of aromatic nitrogens is 1. The van der Waals surface area contributed by atoms with Gasteiger partial charge in [0.2, 0.25) is 17.7 Å². The van der Waals surface area contributed by atoms with Gasteiger partial charge in [-0.05, 0) is 43.2 Å². The Labute approximate surface area is 198 Å². The zero-order valence-corrected chi connectivity index (χ0v) is 19.5. The third-order valence-electron chi connectivity index (χ3n) is 6.03. The van der Waals surface area contributed by atoms with Crippen molar-refractivity contribution in [2.45, 2.75) is 57.7 Å². The maximum absolute atomic E-state index is 13.0. The van der Waals surface area contributed by atoms with Gasteiger partial charge in [-0.1, -0.05) is 32.0 Å². The van der Waals surface area contributed by atoms with Gasteiger partial charge in [0.1, 0.15) is 12.1 Å². The van der Waals surface area contributed by atoms with E-state index >= 15 is 0 Å². The van der Waals surface area contributed by atoms with Gasteiger partial charge in [0.25, 0.3) is 0 Å². The number of hydrogen-bond donors (Lipinski definition) is 5. The fourth-order valence-electron chi connectivity index (χ4n) is 4.36. The first-order valence-electron chi connectivity index (χ1n) is 11.6. The highest BCUT2D eigenvalue weighted by molar-refractivity contribution is 5.93. The molecule has 3 amide bonds. The van der Waals surface area contributed by atoms with Gasteiger partial charge in [-0.3, -0.25) is 14.4 Å². The molecule has 0 bridgehead atoms. The summed E-state index contributed by atoms with van der Waals surface area (Å²) < 4.78 is 0. The molecule has 3 atom stereocenters. The summed E-state index contributed by atoms with van der Waals surface area (Å²) in [6.07, 6.45) is 3.60. The number of aromatic amines is 1. The summed E-state index contributed by atoms with van der Waals surface area (Å²) in [5, 5.41) is 15.2. The van der Waals surface area contributed by atoms with Crippen molar-refractivity contribution in [3.63, 3.8) is 0 Å². The second-order valence-electron chi connectivity index (χ2n) is 9.17. The molecule has 1 fully saturated rings. The van der Waals surface area contributed by atoms with Crippen LogP contribution in [0.3, 0.4) is 0 Å². The molecule has 3 unspecified atom stereocenters. The van der Waals surface area contributed by atoms with Gasteiger partial charge in [-0.25, -0.2) is 4.79 Å². The first-order valence-corrected chi connectivity index (χ1v) is 11.6. The lowest BCUT2D eigenvalue weighted by Gasteiger charge is -2.26. The number of aliphatic carboxylic acids is 1. The van der Waals surface area contributed by atoms with Crippen LogP contribution in [0.2, 0.25) is 0 Å². The average Bonchev–Trinajstić information content (AvgIpc) is 3.44. The number of likely N-dealkylation sites (tertiary alicyclic amines) is 1. The van der Waals surface area contributed by atoms with Crippen LogP contribution in [0.5, 0.6) is 0 Å². The van der Waals surface area contributed by atoms with E-state index in [0.717, 1.165) is 16.5 Å². The molecule has 34 heavy (non-hydrogen) atoms. The molecule has 1 aromatic carbocycles. The van der Waals surface area contributed by atoms with Crippen LogP contribution in [0.25, 0.3) is 10.9 Å². The Bertz CT molecular complexity index is 1050.